The van der Waals surface area contributed by atoms with E-state index in [9.17, 15) is 14.4 Å². The number of rotatable bonds is 0. The molecule has 0 aromatic heterocycles. The minimum Gasteiger partial charge on any atom is -0.318 e. The molecule has 0 bridgehead atoms. The van der Waals surface area contributed by atoms with Crippen molar-refractivity contribution in [2.45, 2.75) is 13.8 Å². The molecule has 72 valence electrons. The lowest BCUT2D eigenvalue weighted by Gasteiger charge is -2.33. The normalized spacial score (nSPS) is 17.5. The molecular formula is C8H12N2O3. The quantitative estimate of drug-likeness (QED) is 0.496. The fraction of sp³-hybridized carbons (Fsp3) is 0.625. The number of nitrogens with zero attached hydrogens (tertiary/aromatic N) is 2. The highest BCUT2D eigenvalue weighted by atomic mass is 16.2. The Morgan fingerprint density at radius 1 is 1.08 bits per heavy atom. The summed E-state index contributed by atoms with van der Waals surface area (Å²) >= 11 is 0. The van der Waals surface area contributed by atoms with E-state index < -0.39 is 0 Å². The van der Waals surface area contributed by atoms with E-state index in [0.717, 1.165) is 0 Å². The second-order valence-electron chi connectivity index (χ2n) is 3.11. The van der Waals surface area contributed by atoms with Crippen LogP contribution in [0, 0.1) is 0 Å². The molecule has 5 nitrogen and oxygen atoms in total. The van der Waals surface area contributed by atoms with Gasteiger partial charge in [-0.3, -0.25) is 14.4 Å². The van der Waals surface area contributed by atoms with Crippen LogP contribution in [0.3, 0.4) is 0 Å². The number of Topliss-reactive ketones (excluding diaryl/α,β-unsaturated/α-hetero) is 1. The number of hydrogen-bond acceptors (Lipinski definition) is 3. The molecule has 1 aliphatic heterocycles. The van der Waals surface area contributed by atoms with Crippen LogP contribution in [0.5, 0.6) is 0 Å². The summed E-state index contributed by atoms with van der Waals surface area (Å²) in [5, 5.41) is 0. The second kappa shape index (κ2) is 3.55. The molecule has 1 saturated heterocycles. The van der Waals surface area contributed by atoms with Crippen molar-refractivity contribution >= 4 is 17.6 Å². The van der Waals surface area contributed by atoms with Crippen LogP contribution in [0.2, 0.25) is 0 Å². The van der Waals surface area contributed by atoms with E-state index in [2.05, 4.69) is 0 Å². The van der Waals surface area contributed by atoms with E-state index in [1.807, 2.05) is 0 Å². The molecule has 1 fully saturated rings. The summed E-state index contributed by atoms with van der Waals surface area (Å²) in [6.07, 6.45) is 0. The fourth-order valence-electron chi connectivity index (χ4n) is 1.20. The average molecular weight is 184 g/mol. The van der Waals surface area contributed by atoms with Crippen molar-refractivity contribution in [3.63, 3.8) is 0 Å². The number of carbonyl (C=O) groups is 3. The van der Waals surface area contributed by atoms with Crippen molar-refractivity contribution < 1.29 is 14.4 Å². The van der Waals surface area contributed by atoms with Crippen molar-refractivity contribution in [1.82, 2.24) is 9.80 Å². The maximum absolute atomic E-state index is 11.1. The maximum Gasteiger partial charge on any atom is 0.221 e. The van der Waals surface area contributed by atoms with E-state index in [-0.39, 0.29) is 37.4 Å². The van der Waals surface area contributed by atoms with Gasteiger partial charge in [0, 0.05) is 13.8 Å². The maximum atomic E-state index is 11.1. The zero-order valence-electron chi connectivity index (χ0n) is 7.74. The van der Waals surface area contributed by atoms with Gasteiger partial charge in [-0.2, -0.15) is 0 Å². The Morgan fingerprint density at radius 3 is 1.77 bits per heavy atom. The zero-order chi connectivity index (χ0) is 10.0. The van der Waals surface area contributed by atoms with Crippen LogP contribution < -0.4 is 0 Å². The van der Waals surface area contributed by atoms with E-state index >= 15 is 0 Å². The predicted molar refractivity (Wildman–Crippen MR) is 44.6 cm³/mol. The van der Waals surface area contributed by atoms with Crippen LogP contribution in [0.25, 0.3) is 0 Å². The largest absolute Gasteiger partial charge is 0.318 e. The summed E-state index contributed by atoms with van der Waals surface area (Å²) in [6, 6.07) is 0. The van der Waals surface area contributed by atoms with Crippen LogP contribution in [0.4, 0.5) is 0 Å². The van der Waals surface area contributed by atoms with Gasteiger partial charge in [-0.05, 0) is 0 Å². The molecule has 2 amide bonds. The van der Waals surface area contributed by atoms with Gasteiger partial charge < -0.3 is 9.80 Å². The number of amides is 2. The van der Waals surface area contributed by atoms with E-state index in [4.69, 9.17) is 0 Å². The lowest BCUT2D eigenvalue weighted by molar-refractivity contribution is -0.147. The third-order valence-corrected chi connectivity index (χ3v) is 1.97. The first-order valence-corrected chi connectivity index (χ1v) is 4.03. The fourth-order valence-corrected chi connectivity index (χ4v) is 1.20. The van der Waals surface area contributed by atoms with Crippen molar-refractivity contribution in [1.29, 1.82) is 0 Å². The van der Waals surface area contributed by atoms with Gasteiger partial charge >= 0.3 is 0 Å². The van der Waals surface area contributed by atoms with Gasteiger partial charge in [0.05, 0.1) is 19.8 Å². The summed E-state index contributed by atoms with van der Waals surface area (Å²) in [4.78, 5) is 35.7. The lowest BCUT2D eigenvalue weighted by atomic mass is 10.2. The lowest BCUT2D eigenvalue weighted by Crippen LogP contribution is -2.53. The molecule has 0 N–H and O–H groups in total. The monoisotopic (exact) mass is 184 g/mol. The molecule has 0 spiro atoms. The summed E-state index contributed by atoms with van der Waals surface area (Å²) in [6.45, 7) is 3.25. The van der Waals surface area contributed by atoms with Gasteiger partial charge in [0.25, 0.3) is 0 Å². The van der Waals surface area contributed by atoms with Crippen LogP contribution in [0.1, 0.15) is 13.8 Å². The highest BCUT2D eigenvalue weighted by Crippen LogP contribution is 2.03. The van der Waals surface area contributed by atoms with E-state index in [1.54, 1.807) is 0 Å². The smallest absolute Gasteiger partial charge is 0.221 e. The molecular weight excluding hydrogens is 172 g/mol. The number of hydrogen-bond donors (Lipinski definition) is 0. The average Bonchev–Trinajstić information content (AvgIpc) is 2.03. The Morgan fingerprint density at radius 2 is 1.46 bits per heavy atom. The summed E-state index contributed by atoms with van der Waals surface area (Å²) in [5.74, 6) is -0.463. The first-order valence-electron chi connectivity index (χ1n) is 4.03. The van der Waals surface area contributed by atoms with Gasteiger partial charge in [0.15, 0.2) is 5.78 Å². The topological polar surface area (TPSA) is 57.7 Å². The van der Waals surface area contributed by atoms with E-state index in [1.165, 1.54) is 23.6 Å². The molecule has 0 aromatic rings. The van der Waals surface area contributed by atoms with Crippen molar-refractivity contribution in [2.24, 2.45) is 0 Å². The Hall–Kier alpha value is -1.39. The molecule has 1 rings (SSSR count). The second-order valence-corrected chi connectivity index (χ2v) is 3.11. The molecule has 5 heteroatoms. The molecule has 0 aliphatic carbocycles. The first-order chi connectivity index (χ1) is 6.00. The van der Waals surface area contributed by atoms with Crippen molar-refractivity contribution in [3.8, 4) is 0 Å². The minimum atomic E-state index is -0.181. The molecule has 13 heavy (non-hydrogen) atoms. The highest BCUT2D eigenvalue weighted by Gasteiger charge is 2.25. The third-order valence-electron chi connectivity index (χ3n) is 1.97. The number of carbonyl (C=O) groups excluding carboxylic acids is 3. The molecule has 1 aliphatic rings. The standard InChI is InChI=1S/C8H12N2O3/c1-6(11)9-3-8(13)4-10(5-9)7(2)12/h3-5H2,1-2H3. The molecule has 1 heterocycles. The summed E-state index contributed by atoms with van der Waals surface area (Å²) in [7, 11) is 0. The summed E-state index contributed by atoms with van der Waals surface area (Å²) < 4.78 is 0. The molecule has 0 atom stereocenters. The zero-order valence-corrected chi connectivity index (χ0v) is 7.74. The number of ketones is 1. The predicted octanol–water partition coefficient (Wildman–Crippen LogP) is -0.776. The van der Waals surface area contributed by atoms with Crippen molar-refractivity contribution in [2.75, 3.05) is 19.8 Å². The van der Waals surface area contributed by atoms with Crippen LogP contribution in [-0.4, -0.2) is 47.2 Å². The first kappa shape index (κ1) is 9.70. The SMILES string of the molecule is CC(=O)N1CC(=O)CN(C(C)=O)C1. The van der Waals surface area contributed by atoms with Gasteiger partial charge in [-0.25, -0.2) is 0 Å². The van der Waals surface area contributed by atoms with Crippen molar-refractivity contribution in [3.05, 3.63) is 0 Å². The molecule has 0 saturated carbocycles. The third kappa shape index (κ3) is 2.27. The Bertz CT molecular complexity index is 238. The Kier molecular flexibility index (Phi) is 2.65. The van der Waals surface area contributed by atoms with Gasteiger partial charge in [0.2, 0.25) is 11.8 Å². The minimum absolute atomic E-state index is 0.100. The highest BCUT2D eigenvalue weighted by molar-refractivity contribution is 5.91. The molecule has 0 unspecified atom stereocenters. The molecule has 0 radical (unpaired) electrons. The summed E-state index contributed by atoms with van der Waals surface area (Å²) in [5.41, 5.74) is 0. The Labute approximate surface area is 76.3 Å². The Balaban J connectivity index is 2.68. The van der Waals surface area contributed by atoms with Gasteiger partial charge in [-0.1, -0.05) is 0 Å². The van der Waals surface area contributed by atoms with Gasteiger partial charge in [-0.15, -0.1) is 0 Å². The van der Waals surface area contributed by atoms with Crippen LogP contribution in [-0.2, 0) is 14.4 Å². The van der Waals surface area contributed by atoms with Gasteiger partial charge in [0.1, 0.15) is 0 Å². The van der Waals surface area contributed by atoms with Crippen LogP contribution in [0.15, 0.2) is 0 Å². The molecule has 0 aromatic carbocycles. The van der Waals surface area contributed by atoms with Crippen LogP contribution >= 0.6 is 0 Å². The van der Waals surface area contributed by atoms with E-state index in [0.29, 0.717) is 0 Å².